The monoisotopic (exact) mass is 341 g/mol. The van der Waals surface area contributed by atoms with Gasteiger partial charge < -0.3 is 20.6 Å². The highest BCUT2D eigenvalue weighted by molar-refractivity contribution is 5.95. The highest BCUT2D eigenvalue weighted by atomic mass is 16.6. The van der Waals surface area contributed by atoms with Gasteiger partial charge in [0, 0.05) is 25.2 Å². The third-order valence-corrected chi connectivity index (χ3v) is 3.75. The predicted molar refractivity (Wildman–Crippen MR) is 92.7 cm³/mol. The predicted octanol–water partition coefficient (Wildman–Crippen LogP) is 1.74. The zero-order valence-corrected chi connectivity index (χ0v) is 13.3. The molecule has 128 valence electrons. The van der Waals surface area contributed by atoms with Gasteiger partial charge in [-0.05, 0) is 29.8 Å². The second kappa shape index (κ2) is 6.48. The number of rotatable bonds is 5. The molecule has 25 heavy (non-hydrogen) atoms. The number of hydrogen-bond donors (Lipinski definition) is 4. The van der Waals surface area contributed by atoms with E-state index in [1.807, 2.05) is 6.07 Å². The lowest BCUT2D eigenvalue weighted by Gasteiger charge is -2.09. The lowest BCUT2D eigenvalue weighted by molar-refractivity contribution is -0.384. The number of anilines is 1. The molecule has 0 aliphatic carbocycles. The summed E-state index contributed by atoms with van der Waals surface area (Å²) in [5, 5.41) is 16.7. The van der Waals surface area contributed by atoms with Crippen LogP contribution in [0.5, 0.6) is 0 Å². The largest absolute Gasteiger partial charge is 0.375 e. The second-order valence-electron chi connectivity index (χ2n) is 5.38. The summed E-state index contributed by atoms with van der Waals surface area (Å²) in [4.78, 5) is 38.9. The quantitative estimate of drug-likeness (QED) is 0.414. The molecule has 2 aromatic carbocycles. The molecule has 0 aliphatic heterocycles. The van der Waals surface area contributed by atoms with Crippen LogP contribution < -0.4 is 16.3 Å². The average Bonchev–Trinajstić information content (AvgIpc) is 2.98. The molecule has 0 unspecified atom stereocenters. The summed E-state index contributed by atoms with van der Waals surface area (Å²) in [6.45, 7) is 0.323. The maximum absolute atomic E-state index is 11.6. The zero-order chi connectivity index (χ0) is 18.0. The van der Waals surface area contributed by atoms with Gasteiger partial charge in [-0.15, -0.1) is 0 Å². The number of H-pyrrole nitrogens is 2. The molecule has 0 atom stereocenters. The lowest BCUT2D eigenvalue weighted by atomic mass is 10.1. The number of fused-ring (bicyclic) bond motifs is 1. The van der Waals surface area contributed by atoms with Gasteiger partial charge in [-0.1, -0.05) is 6.07 Å². The van der Waals surface area contributed by atoms with Crippen LogP contribution in [0.1, 0.15) is 15.9 Å². The van der Waals surface area contributed by atoms with Crippen molar-refractivity contribution in [3.05, 3.63) is 68.1 Å². The number of nitrogens with one attached hydrogen (secondary N) is 4. The van der Waals surface area contributed by atoms with E-state index in [1.54, 1.807) is 12.1 Å². The Morgan fingerprint density at radius 2 is 1.92 bits per heavy atom. The number of aromatic amines is 2. The molecule has 0 saturated carbocycles. The third kappa shape index (κ3) is 3.34. The first kappa shape index (κ1) is 16.2. The number of amides is 1. The molecule has 1 amide bonds. The molecule has 0 aliphatic rings. The van der Waals surface area contributed by atoms with Crippen LogP contribution in [0.2, 0.25) is 0 Å². The number of nitro benzene ring substituents is 1. The average molecular weight is 341 g/mol. The second-order valence-corrected chi connectivity index (χ2v) is 5.38. The molecule has 3 aromatic rings. The molecule has 4 N–H and O–H groups in total. The number of hydrogen-bond acceptors (Lipinski definition) is 5. The molecule has 3 rings (SSSR count). The molecule has 0 fully saturated rings. The fraction of sp³-hybridized carbons (Fsp3) is 0.125. The first-order valence-electron chi connectivity index (χ1n) is 7.43. The summed E-state index contributed by atoms with van der Waals surface area (Å²) in [5.74, 6) is -0.392. The topological polar surface area (TPSA) is 133 Å². The Morgan fingerprint density at radius 1 is 1.16 bits per heavy atom. The van der Waals surface area contributed by atoms with Gasteiger partial charge in [0.15, 0.2) is 0 Å². The van der Waals surface area contributed by atoms with Crippen LogP contribution in [0.15, 0.2) is 41.2 Å². The minimum absolute atomic E-state index is 0.183. The number of aromatic nitrogens is 2. The van der Waals surface area contributed by atoms with Crippen molar-refractivity contribution < 1.29 is 9.72 Å². The van der Waals surface area contributed by atoms with Crippen LogP contribution in [0.25, 0.3) is 11.0 Å². The van der Waals surface area contributed by atoms with Crippen LogP contribution in [-0.4, -0.2) is 27.8 Å². The Bertz CT molecular complexity index is 1020. The van der Waals surface area contributed by atoms with Gasteiger partial charge in [-0.3, -0.25) is 14.9 Å². The Hall–Kier alpha value is -3.62. The summed E-state index contributed by atoms with van der Waals surface area (Å²) in [6, 6.07) is 9.59. The van der Waals surface area contributed by atoms with Crippen LogP contribution in [0.3, 0.4) is 0 Å². The van der Waals surface area contributed by atoms with Gasteiger partial charge in [0.05, 0.1) is 16.0 Å². The number of nitro groups is 1. The minimum Gasteiger partial charge on any atom is -0.375 e. The number of carbonyl (C=O) groups excluding carboxylic acids is 1. The summed E-state index contributed by atoms with van der Waals surface area (Å²) in [5.41, 5.74) is 2.24. The molecule has 1 heterocycles. The van der Waals surface area contributed by atoms with Crippen molar-refractivity contribution in [2.24, 2.45) is 0 Å². The van der Waals surface area contributed by atoms with Gasteiger partial charge in [0.2, 0.25) is 0 Å². The fourth-order valence-electron chi connectivity index (χ4n) is 2.50. The minimum atomic E-state index is -0.540. The van der Waals surface area contributed by atoms with Gasteiger partial charge in [-0.2, -0.15) is 0 Å². The highest BCUT2D eigenvalue weighted by Crippen LogP contribution is 2.26. The SMILES string of the molecule is CNC(=O)c1ccc(NCc2ccc3[nH]c(=O)[nH]c3c2)c([N+](=O)[O-])c1. The fourth-order valence-corrected chi connectivity index (χ4v) is 2.50. The molecule has 9 nitrogen and oxygen atoms in total. The number of imidazole rings is 1. The van der Waals surface area contributed by atoms with Crippen molar-refractivity contribution in [1.82, 2.24) is 15.3 Å². The Kier molecular flexibility index (Phi) is 4.21. The highest BCUT2D eigenvalue weighted by Gasteiger charge is 2.17. The first-order valence-corrected chi connectivity index (χ1v) is 7.43. The maximum atomic E-state index is 11.6. The van der Waals surface area contributed by atoms with Gasteiger partial charge in [0.25, 0.3) is 11.6 Å². The van der Waals surface area contributed by atoms with E-state index < -0.39 is 10.8 Å². The van der Waals surface area contributed by atoms with E-state index in [0.29, 0.717) is 23.3 Å². The molecule has 0 bridgehead atoms. The Balaban J connectivity index is 1.84. The van der Waals surface area contributed by atoms with Crippen molar-refractivity contribution in [3.63, 3.8) is 0 Å². The van der Waals surface area contributed by atoms with E-state index in [9.17, 15) is 19.7 Å². The molecular formula is C16H15N5O4. The normalized spacial score (nSPS) is 10.6. The zero-order valence-electron chi connectivity index (χ0n) is 13.3. The summed E-state index contributed by atoms with van der Waals surface area (Å²) in [7, 11) is 1.46. The molecule has 1 aromatic heterocycles. The van der Waals surface area contributed by atoms with Crippen molar-refractivity contribution in [2.45, 2.75) is 6.54 Å². The van der Waals surface area contributed by atoms with E-state index in [4.69, 9.17) is 0 Å². The van der Waals surface area contributed by atoms with Gasteiger partial charge in [0.1, 0.15) is 5.69 Å². The standard InChI is InChI=1S/C16H15N5O4/c1-17-15(22)10-3-5-12(14(7-10)21(24)25)18-8-9-2-4-11-13(6-9)20-16(23)19-11/h2-7,18H,8H2,1H3,(H,17,22)(H2,19,20,23). The lowest BCUT2D eigenvalue weighted by Crippen LogP contribution is -2.18. The molecular weight excluding hydrogens is 326 g/mol. The van der Waals surface area contributed by atoms with E-state index in [2.05, 4.69) is 20.6 Å². The Morgan fingerprint density at radius 3 is 2.64 bits per heavy atom. The molecule has 0 spiro atoms. The third-order valence-electron chi connectivity index (χ3n) is 3.75. The van der Waals surface area contributed by atoms with Crippen molar-refractivity contribution in [1.29, 1.82) is 0 Å². The van der Waals surface area contributed by atoms with Crippen LogP contribution in [0, 0.1) is 10.1 Å². The number of nitrogens with zero attached hydrogens (tertiary/aromatic N) is 1. The van der Waals surface area contributed by atoms with Crippen LogP contribution >= 0.6 is 0 Å². The summed E-state index contributed by atoms with van der Waals surface area (Å²) in [6.07, 6.45) is 0. The molecule has 9 heteroatoms. The van der Waals surface area contributed by atoms with E-state index in [0.717, 1.165) is 5.56 Å². The van der Waals surface area contributed by atoms with Gasteiger partial charge in [-0.25, -0.2) is 4.79 Å². The number of benzene rings is 2. The Labute approximate surface area is 141 Å². The smallest absolute Gasteiger partial charge is 0.323 e. The van der Waals surface area contributed by atoms with Crippen molar-refractivity contribution in [2.75, 3.05) is 12.4 Å². The van der Waals surface area contributed by atoms with Crippen molar-refractivity contribution in [3.8, 4) is 0 Å². The van der Waals surface area contributed by atoms with Gasteiger partial charge >= 0.3 is 5.69 Å². The summed E-state index contributed by atoms with van der Waals surface area (Å²) >= 11 is 0. The van der Waals surface area contributed by atoms with Crippen LogP contribution in [-0.2, 0) is 6.54 Å². The van der Waals surface area contributed by atoms with E-state index in [-0.39, 0.29) is 16.9 Å². The van der Waals surface area contributed by atoms with Crippen LogP contribution in [0.4, 0.5) is 11.4 Å². The van der Waals surface area contributed by atoms with E-state index in [1.165, 1.54) is 25.2 Å². The first-order chi connectivity index (χ1) is 12.0. The molecule has 0 radical (unpaired) electrons. The maximum Gasteiger partial charge on any atom is 0.323 e. The molecule has 0 saturated heterocycles. The number of carbonyl (C=O) groups is 1. The van der Waals surface area contributed by atoms with Crippen molar-refractivity contribution >= 4 is 28.3 Å². The summed E-state index contributed by atoms with van der Waals surface area (Å²) < 4.78 is 0. The van der Waals surface area contributed by atoms with E-state index >= 15 is 0 Å².